The van der Waals surface area contributed by atoms with Gasteiger partial charge in [0.15, 0.2) is 5.82 Å². The molecule has 0 aliphatic rings. The second-order valence-corrected chi connectivity index (χ2v) is 4.90. The molecule has 0 saturated carbocycles. The van der Waals surface area contributed by atoms with E-state index in [9.17, 15) is 9.18 Å². The molecule has 0 atom stereocenters. The van der Waals surface area contributed by atoms with Crippen LogP contribution in [0.2, 0.25) is 0 Å². The smallest absolute Gasteiger partial charge is 0.260 e. The minimum absolute atomic E-state index is 0.248. The number of rotatable bonds is 0. The molecule has 2 aromatic heterocycles. The zero-order valence-corrected chi connectivity index (χ0v) is 11.0. The van der Waals surface area contributed by atoms with Crippen LogP contribution in [0, 0.1) is 5.82 Å². The summed E-state index contributed by atoms with van der Waals surface area (Å²) in [5.74, 6) is -0.425. The van der Waals surface area contributed by atoms with Crippen LogP contribution in [0.15, 0.2) is 39.9 Å². The molecule has 0 fully saturated rings. The number of halogens is 2. The van der Waals surface area contributed by atoms with Gasteiger partial charge in [-0.25, -0.2) is 4.39 Å². The molecule has 0 unspecified atom stereocenters. The highest BCUT2D eigenvalue weighted by molar-refractivity contribution is 9.10. The predicted octanol–water partition coefficient (Wildman–Crippen LogP) is 2.99. The molecular weight excluding hydrogens is 299 g/mol. The van der Waals surface area contributed by atoms with Gasteiger partial charge in [0, 0.05) is 24.8 Å². The molecule has 0 radical (unpaired) electrons. The predicted molar refractivity (Wildman–Crippen MR) is 72.1 cm³/mol. The fraction of sp³-hybridized carbons (Fsp3) is 0.0769. The lowest BCUT2D eigenvalue weighted by Crippen LogP contribution is -2.18. The average molecular weight is 307 g/mol. The lowest BCUT2D eigenvalue weighted by Gasteiger charge is -2.10. The molecule has 0 bridgehead atoms. The second-order valence-electron chi connectivity index (χ2n) is 4.04. The van der Waals surface area contributed by atoms with Crippen LogP contribution >= 0.6 is 15.9 Å². The van der Waals surface area contributed by atoms with Crippen molar-refractivity contribution >= 4 is 37.6 Å². The first kappa shape index (κ1) is 11.3. The molecule has 18 heavy (non-hydrogen) atoms. The van der Waals surface area contributed by atoms with E-state index >= 15 is 0 Å². The van der Waals surface area contributed by atoms with Crippen LogP contribution in [0.25, 0.3) is 21.7 Å². The molecule has 3 nitrogen and oxygen atoms in total. The largest absolute Gasteiger partial charge is 0.308 e. The molecule has 3 aromatic rings. The summed E-state index contributed by atoms with van der Waals surface area (Å²) in [7, 11) is 1.56. The Morgan fingerprint density at radius 3 is 2.78 bits per heavy atom. The maximum atomic E-state index is 14.1. The third-order valence-electron chi connectivity index (χ3n) is 3.05. The number of aromatic nitrogens is 2. The highest BCUT2D eigenvalue weighted by Crippen LogP contribution is 2.28. The third-order valence-corrected chi connectivity index (χ3v) is 3.66. The normalized spacial score (nSPS) is 11.3. The molecule has 1 aromatic carbocycles. The van der Waals surface area contributed by atoms with Crippen LogP contribution in [0.1, 0.15) is 0 Å². The molecule has 2 heterocycles. The van der Waals surface area contributed by atoms with Crippen LogP contribution in [0.4, 0.5) is 4.39 Å². The highest BCUT2D eigenvalue weighted by atomic mass is 79.9. The third kappa shape index (κ3) is 1.40. The van der Waals surface area contributed by atoms with Crippen LogP contribution in [-0.4, -0.2) is 9.55 Å². The maximum absolute atomic E-state index is 14.1. The van der Waals surface area contributed by atoms with Crippen LogP contribution < -0.4 is 5.56 Å². The lowest BCUT2D eigenvalue weighted by atomic mass is 10.1. The molecule has 90 valence electrons. The lowest BCUT2D eigenvalue weighted by molar-refractivity contribution is 0.623. The first-order chi connectivity index (χ1) is 8.61. The van der Waals surface area contributed by atoms with Gasteiger partial charge in [-0.1, -0.05) is 6.07 Å². The summed E-state index contributed by atoms with van der Waals surface area (Å²) in [6.07, 6.45) is 3.11. The van der Waals surface area contributed by atoms with Gasteiger partial charge in [-0.3, -0.25) is 9.78 Å². The van der Waals surface area contributed by atoms with Gasteiger partial charge in [0.1, 0.15) is 0 Å². The first-order valence-electron chi connectivity index (χ1n) is 5.31. The zero-order chi connectivity index (χ0) is 12.9. The Morgan fingerprint density at radius 2 is 2.00 bits per heavy atom. The van der Waals surface area contributed by atoms with Crippen molar-refractivity contribution in [1.82, 2.24) is 9.55 Å². The summed E-state index contributed by atoms with van der Waals surface area (Å²) in [6.45, 7) is 0. The fourth-order valence-corrected chi connectivity index (χ4v) is 2.49. The van der Waals surface area contributed by atoms with E-state index in [-0.39, 0.29) is 5.56 Å². The molecule has 0 N–H and O–H groups in total. The Balaban J connectivity index is 2.74. The molecule has 3 rings (SSSR count). The quantitative estimate of drug-likeness (QED) is 0.599. The number of nitrogens with zero attached hydrogens (tertiary/aromatic N) is 2. The van der Waals surface area contributed by atoms with Gasteiger partial charge in [-0.2, -0.15) is 0 Å². The Morgan fingerprint density at radius 1 is 1.22 bits per heavy atom. The van der Waals surface area contributed by atoms with Crippen molar-refractivity contribution in [3.63, 3.8) is 0 Å². The molecule has 0 amide bonds. The Bertz CT molecular complexity index is 842. The molecular formula is C13H8BrFN2O. The van der Waals surface area contributed by atoms with E-state index in [0.717, 1.165) is 5.39 Å². The minimum atomic E-state index is -0.425. The Labute approximate surface area is 110 Å². The summed E-state index contributed by atoms with van der Waals surface area (Å²) in [4.78, 5) is 16.1. The molecule has 5 heteroatoms. The van der Waals surface area contributed by atoms with Gasteiger partial charge in [-0.05, 0) is 33.4 Å². The van der Waals surface area contributed by atoms with Gasteiger partial charge in [-0.15, -0.1) is 0 Å². The number of benzene rings is 1. The summed E-state index contributed by atoms with van der Waals surface area (Å²) in [5, 5.41) is 1.92. The molecule has 0 aliphatic carbocycles. The zero-order valence-electron chi connectivity index (χ0n) is 9.45. The van der Waals surface area contributed by atoms with Crippen molar-refractivity contribution in [1.29, 1.82) is 0 Å². The van der Waals surface area contributed by atoms with Crippen molar-refractivity contribution in [2.45, 2.75) is 0 Å². The van der Waals surface area contributed by atoms with E-state index < -0.39 is 5.82 Å². The number of fused-ring (bicyclic) bond motifs is 3. The number of hydrogen-bond acceptors (Lipinski definition) is 2. The molecule has 0 spiro atoms. The van der Waals surface area contributed by atoms with Crippen molar-refractivity contribution < 1.29 is 4.39 Å². The summed E-state index contributed by atoms with van der Waals surface area (Å²) in [6, 6.07) is 5.17. The van der Waals surface area contributed by atoms with Crippen molar-refractivity contribution in [3.05, 3.63) is 51.2 Å². The summed E-state index contributed by atoms with van der Waals surface area (Å²) < 4.78 is 15.8. The van der Waals surface area contributed by atoms with Gasteiger partial charge in [0.25, 0.3) is 5.56 Å². The van der Waals surface area contributed by atoms with Crippen LogP contribution in [0.5, 0.6) is 0 Å². The van der Waals surface area contributed by atoms with E-state index in [1.54, 1.807) is 31.4 Å². The minimum Gasteiger partial charge on any atom is -0.308 e. The monoisotopic (exact) mass is 306 g/mol. The van der Waals surface area contributed by atoms with E-state index in [1.807, 2.05) is 0 Å². The number of pyridine rings is 2. The SMILES string of the molecule is Cn1c(=O)c2cnccc2c2ccc(Br)c(F)c21. The molecule has 0 aliphatic heterocycles. The van der Waals surface area contributed by atoms with Gasteiger partial charge >= 0.3 is 0 Å². The van der Waals surface area contributed by atoms with Crippen molar-refractivity contribution in [2.24, 2.45) is 7.05 Å². The Hall–Kier alpha value is -1.75. The Kier molecular flexibility index (Phi) is 2.45. The van der Waals surface area contributed by atoms with Gasteiger partial charge in [0.2, 0.25) is 0 Å². The van der Waals surface area contributed by atoms with E-state index in [2.05, 4.69) is 20.9 Å². The fourth-order valence-electron chi connectivity index (χ4n) is 2.17. The van der Waals surface area contributed by atoms with E-state index in [0.29, 0.717) is 20.8 Å². The van der Waals surface area contributed by atoms with Crippen molar-refractivity contribution in [3.8, 4) is 0 Å². The average Bonchev–Trinajstić information content (AvgIpc) is 2.39. The second kappa shape index (κ2) is 3.88. The van der Waals surface area contributed by atoms with Crippen molar-refractivity contribution in [2.75, 3.05) is 0 Å². The summed E-state index contributed by atoms with van der Waals surface area (Å²) >= 11 is 3.14. The molecule has 0 saturated heterocycles. The van der Waals surface area contributed by atoms with Crippen LogP contribution in [-0.2, 0) is 7.05 Å². The van der Waals surface area contributed by atoms with Crippen LogP contribution in [0.3, 0.4) is 0 Å². The van der Waals surface area contributed by atoms with E-state index in [4.69, 9.17) is 0 Å². The van der Waals surface area contributed by atoms with Gasteiger partial charge in [0.05, 0.1) is 15.4 Å². The first-order valence-corrected chi connectivity index (χ1v) is 6.11. The van der Waals surface area contributed by atoms with E-state index in [1.165, 1.54) is 10.8 Å². The summed E-state index contributed by atoms with van der Waals surface area (Å²) in [5.41, 5.74) is 0.0516. The number of hydrogen-bond donors (Lipinski definition) is 0. The number of aryl methyl sites for hydroxylation is 1. The van der Waals surface area contributed by atoms with Gasteiger partial charge < -0.3 is 4.57 Å². The standard InChI is InChI=1S/C13H8BrFN2O/c1-17-12-8(2-3-10(14)11(12)15)7-4-5-16-6-9(7)13(17)18/h2-6H,1H3. The highest BCUT2D eigenvalue weighted by Gasteiger charge is 2.13. The topological polar surface area (TPSA) is 34.9 Å². The maximum Gasteiger partial charge on any atom is 0.260 e.